The summed E-state index contributed by atoms with van der Waals surface area (Å²) >= 11 is 0. The summed E-state index contributed by atoms with van der Waals surface area (Å²) in [5.74, 6) is 0.849. The van der Waals surface area contributed by atoms with Crippen LogP contribution < -0.4 is 10.2 Å². The minimum Gasteiger partial charge on any atom is -0.356 e. The van der Waals surface area contributed by atoms with Crippen LogP contribution in [-0.4, -0.2) is 55.8 Å². The van der Waals surface area contributed by atoms with E-state index in [9.17, 15) is 13.2 Å². The second kappa shape index (κ2) is 7.38. The average Bonchev–Trinajstić information content (AvgIpc) is 3.16. The van der Waals surface area contributed by atoms with Crippen molar-refractivity contribution in [2.45, 2.75) is 17.7 Å². The standard InChI is InChI=1S/C17H21N5O3S/c1-21(2)26(24,25)14-7-5-13(6-8-14)17(23)20-15-11-16(19-12-18-15)22-9-3-4-10-22/h5-8,11-12H,3-4,9-10H2,1-2H3,(H,18,19,20,23). The molecule has 0 saturated carbocycles. The molecule has 0 aliphatic carbocycles. The van der Waals surface area contributed by atoms with Gasteiger partial charge in [-0.3, -0.25) is 4.79 Å². The van der Waals surface area contributed by atoms with E-state index >= 15 is 0 Å². The largest absolute Gasteiger partial charge is 0.356 e. The molecule has 1 fully saturated rings. The Morgan fingerprint density at radius 2 is 1.77 bits per heavy atom. The number of hydrogen-bond donors (Lipinski definition) is 1. The zero-order valence-electron chi connectivity index (χ0n) is 14.7. The molecule has 0 unspecified atom stereocenters. The molecule has 138 valence electrons. The molecule has 2 heterocycles. The van der Waals surface area contributed by atoms with Crippen LogP contribution in [0.15, 0.2) is 41.6 Å². The molecular weight excluding hydrogens is 354 g/mol. The van der Waals surface area contributed by atoms with E-state index in [1.165, 1.54) is 44.7 Å². The van der Waals surface area contributed by atoms with Crippen LogP contribution in [0.1, 0.15) is 23.2 Å². The van der Waals surface area contributed by atoms with Gasteiger partial charge in [-0.1, -0.05) is 0 Å². The number of aromatic nitrogens is 2. The Hall–Kier alpha value is -2.52. The fraction of sp³-hybridized carbons (Fsp3) is 0.353. The zero-order valence-corrected chi connectivity index (χ0v) is 15.5. The SMILES string of the molecule is CN(C)S(=O)(=O)c1ccc(C(=O)Nc2cc(N3CCCC3)ncn2)cc1. The van der Waals surface area contributed by atoms with E-state index in [2.05, 4.69) is 20.2 Å². The van der Waals surface area contributed by atoms with Gasteiger partial charge in [0.1, 0.15) is 18.0 Å². The maximum atomic E-state index is 12.4. The molecule has 1 aliphatic rings. The predicted octanol–water partition coefficient (Wildman–Crippen LogP) is 1.58. The van der Waals surface area contributed by atoms with Crippen molar-refractivity contribution in [1.29, 1.82) is 0 Å². The lowest BCUT2D eigenvalue weighted by molar-refractivity contribution is 0.102. The Morgan fingerprint density at radius 1 is 1.12 bits per heavy atom. The number of nitrogens with zero attached hydrogens (tertiary/aromatic N) is 4. The van der Waals surface area contributed by atoms with Crippen molar-refractivity contribution in [3.63, 3.8) is 0 Å². The molecule has 1 saturated heterocycles. The second-order valence-electron chi connectivity index (χ2n) is 6.22. The first kappa shape index (κ1) is 18.3. The molecule has 0 spiro atoms. The normalized spacial score (nSPS) is 14.7. The van der Waals surface area contributed by atoms with Crippen LogP contribution >= 0.6 is 0 Å². The van der Waals surface area contributed by atoms with Crippen LogP contribution in [0.25, 0.3) is 0 Å². The molecule has 2 aromatic rings. The number of carbonyl (C=O) groups excluding carboxylic acids is 1. The van der Waals surface area contributed by atoms with Gasteiger partial charge in [0.15, 0.2) is 0 Å². The van der Waals surface area contributed by atoms with E-state index in [0.717, 1.165) is 36.1 Å². The van der Waals surface area contributed by atoms with Crippen molar-refractivity contribution >= 4 is 27.6 Å². The molecule has 1 aliphatic heterocycles. The molecule has 0 radical (unpaired) electrons. The van der Waals surface area contributed by atoms with Crippen molar-refractivity contribution in [3.05, 3.63) is 42.2 Å². The minimum absolute atomic E-state index is 0.136. The van der Waals surface area contributed by atoms with Gasteiger partial charge < -0.3 is 10.2 Å². The minimum atomic E-state index is -3.52. The molecule has 0 bridgehead atoms. The highest BCUT2D eigenvalue weighted by Crippen LogP contribution is 2.20. The van der Waals surface area contributed by atoms with Crippen LogP contribution in [0.5, 0.6) is 0 Å². The first-order valence-electron chi connectivity index (χ1n) is 8.29. The Bertz CT molecular complexity index is 891. The highest BCUT2D eigenvalue weighted by Gasteiger charge is 2.18. The molecule has 1 amide bonds. The smallest absolute Gasteiger partial charge is 0.256 e. The Labute approximate surface area is 152 Å². The Morgan fingerprint density at radius 3 is 2.38 bits per heavy atom. The van der Waals surface area contributed by atoms with Crippen molar-refractivity contribution in [1.82, 2.24) is 14.3 Å². The van der Waals surface area contributed by atoms with Crippen LogP contribution in [-0.2, 0) is 10.0 Å². The molecule has 1 aromatic heterocycles. The lowest BCUT2D eigenvalue weighted by atomic mass is 10.2. The fourth-order valence-electron chi connectivity index (χ4n) is 2.71. The number of rotatable bonds is 5. The second-order valence-corrected chi connectivity index (χ2v) is 8.37. The quantitative estimate of drug-likeness (QED) is 0.852. The lowest BCUT2D eigenvalue weighted by Crippen LogP contribution is -2.22. The van der Waals surface area contributed by atoms with Gasteiger partial charge in [-0.25, -0.2) is 22.7 Å². The summed E-state index contributed by atoms with van der Waals surface area (Å²) in [6, 6.07) is 7.54. The highest BCUT2D eigenvalue weighted by molar-refractivity contribution is 7.89. The van der Waals surface area contributed by atoms with Gasteiger partial charge in [-0.15, -0.1) is 0 Å². The summed E-state index contributed by atoms with van der Waals surface area (Å²) in [5, 5.41) is 2.73. The van der Waals surface area contributed by atoms with Gasteiger partial charge >= 0.3 is 0 Å². The van der Waals surface area contributed by atoms with E-state index in [4.69, 9.17) is 0 Å². The van der Waals surface area contributed by atoms with Gasteiger partial charge in [0.25, 0.3) is 5.91 Å². The first-order valence-corrected chi connectivity index (χ1v) is 9.73. The maximum Gasteiger partial charge on any atom is 0.256 e. The maximum absolute atomic E-state index is 12.4. The van der Waals surface area contributed by atoms with Crippen LogP contribution in [0, 0.1) is 0 Å². The van der Waals surface area contributed by atoms with E-state index in [-0.39, 0.29) is 10.8 Å². The monoisotopic (exact) mass is 375 g/mol. The van der Waals surface area contributed by atoms with Gasteiger partial charge in [-0.05, 0) is 37.1 Å². The molecule has 1 N–H and O–H groups in total. The van der Waals surface area contributed by atoms with Crippen LogP contribution in [0.3, 0.4) is 0 Å². The predicted molar refractivity (Wildman–Crippen MR) is 98.7 cm³/mol. The third-order valence-electron chi connectivity index (χ3n) is 4.22. The van der Waals surface area contributed by atoms with Gasteiger partial charge in [-0.2, -0.15) is 0 Å². The van der Waals surface area contributed by atoms with Crippen LogP contribution in [0.4, 0.5) is 11.6 Å². The van der Waals surface area contributed by atoms with Crippen molar-refractivity contribution in [3.8, 4) is 0 Å². The van der Waals surface area contributed by atoms with E-state index in [0.29, 0.717) is 11.4 Å². The fourth-order valence-corrected chi connectivity index (χ4v) is 3.61. The summed E-state index contributed by atoms with van der Waals surface area (Å²) in [6.45, 7) is 1.90. The van der Waals surface area contributed by atoms with Crippen molar-refractivity contribution < 1.29 is 13.2 Å². The summed E-state index contributed by atoms with van der Waals surface area (Å²) in [7, 11) is -0.595. The van der Waals surface area contributed by atoms with E-state index in [1.54, 1.807) is 6.07 Å². The summed E-state index contributed by atoms with van der Waals surface area (Å²) < 4.78 is 25.3. The highest BCUT2D eigenvalue weighted by atomic mass is 32.2. The summed E-state index contributed by atoms with van der Waals surface area (Å²) in [4.78, 5) is 23.0. The third-order valence-corrected chi connectivity index (χ3v) is 6.05. The van der Waals surface area contributed by atoms with Gasteiger partial charge in [0.2, 0.25) is 10.0 Å². The van der Waals surface area contributed by atoms with Gasteiger partial charge in [0, 0.05) is 38.8 Å². The molecule has 0 atom stereocenters. The number of carbonyl (C=O) groups is 1. The molecule has 26 heavy (non-hydrogen) atoms. The first-order chi connectivity index (χ1) is 12.4. The lowest BCUT2D eigenvalue weighted by Gasteiger charge is -2.16. The zero-order chi connectivity index (χ0) is 18.7. The van der Waals surface area contributed by atoms with Gasteiger partial charge in [0.05, 0.1) is 4.90 Å². The van der Waals surface area contributed by atoms with Crippen LogP contribution in [0.2, 0.25) is 0 Å². The number of amides is 1. The van der Waals surface area contributed by atoms with E-state index < -0.39 is 10.0 Å². The number of anilines is 2. The molecule has 8 nitrogen and oxygen atoms in total. The van der Waals surface area contributed by atoms with E-state index in [1.807, 2.05) is 0 Å². The number of sulfonamides is 1. The topological polar surface area (TPSA) is 95.5 Å². The summed E-state index contributed by atoms with van der Waals surface area (Å²) in [5.41, 5.74) is 0.351. The Kier molecular flexibility index (Phi) is 5.19. The average molecular weight is 375 g/mol. The number of benzene rings is 1. The summed E-state index contributed by atoms with van der Waals surface area (Å²) in [6.07, 6.45) is 3.69. The molecular formula is C17H21N5O3S. The van der Waals surface area contributed by atoms with Crippen molar-refractivity contribution in [2.75, 3.05) is 37.4 Å². The number of nitrogens with one attached hydrogen (secondary N) is 1. The number of hydrogen-bond acceptors (Lipinski definition) is 6. The van der Waals surface area contributed by atoms with Crippen molar-refractivity contribution in [2.24, 2.45) is 0 Å². The third kappa shape index (κ3) is 3.83. The Balaban J connectivity index is 1.73. The molecule has 1 aromatic carbocycles. The molecule has 9 heteroatoms. The molecule has 3 rings (SSSR count).